The van der Waals surface area contributed by atoms with Crippen LogP contribution in [0.25, 0.3) is 16.6 Å². The van der Waals surface area contributed by atoms with E-state index in [4.69, 9.17) is 4.74 Å². The van der Waals surface area contributed by atoms with Gasteiger partial charge in [-0.1, -0.05) is 36.4 Å². The van der Waals surface area contributed by atoms with Crippen molar-refractivity contribution in [2.45, 2.75) is 6.92 Å². The first-order chi connectivity index (χ1) is 14.5. The molecular formula is C22H20N4O4. The van der Waals surface area contributed by atoms with Gasteiger partial charge in [0.05, 0.1) is 16.9 Å². The lowest BCUT2D eigenvalue weighted by atomic mass is 10.2. The third-order valence-corrected chi connectivity index (χ3v) is 4.96. The molecule has 1 amide bonds. The molecular weight excluding hydrogens is 384 g/mol. The van der Waals surface area contributed by atoms with E-state index in [2.05, 4.69) is 10.3 Å². The first kappa shape index (κ1) is 19.3. The van der Waals surface area contributed by atoms with Crippen LogP contribution in [-0.4, -0.2) is 32.8 Å². The van der Waals surface area contributed by atoms with Gasteiger partial charge in [-0.25, -0.2) is 9.48 Å². The molecule has 0 fully saturated rings. The summed E-state index contributed by atoms with van der Waals surface area (Å²) in [6.07, 6.45) is 1.55. The van der Waals surface area contributed by atoms with Crippen molar-refractivity contribution < 1.29 is 14.3 Å². The highest BCUT2D eigenvalue weighted by atomic mass is 16.5. The zero-order valence-corrected chi connectivity index (χ0v) is 16.5. The summed E-state index contributed by atoms with van der Waals surface area (Å²) in [4.78, 5) is 40.5. The monoisotopic (exact) mass is 404 g/mol. The van der Waals surface area contributed by atoms with Crippen LogP contribution in [-0.2, 0) is 16.6 Å². The zero-order chi connectivity index (χ0) is 21.3. The molecule has 0 saturated heterocycles. The molecule has 0 unspecified atom stereocenters. The van der Waals surface area contributed by atoms with Gasteiger partial charge < -0.3 is 15.0 Å². The number of para-hydroxylation sites is 2. The minimum Gasteiger partial charge on any atom is -0.452 e. The van der Waals surface area contributed by atoms with Crippen LogP contribution >= 0.6 is 0 Å². The van der Waals surface area contributed by atoms with E-state index in [-0.39, 0.29) is 11.2 Å². The number of carbonyl (C=O) groups excluding carboxylic acids is 2. The van der Waals surface area contributed by atoms with Crippen LogP contribution in [0.5, 0.6) is 0 Å². The second-order valence-electron chi connectivity index (χ2n) is 6.81. The van der Waals surface area contributed by atoms with E-state index in [0.29, 0.717) is 22.3 Å². The molecule has 4 rings (SSSR count). The van der Waals surface area contributed by atoms with E-state index < -0.39 is 18.5 Å². The molecule has 0 aliphatic heterocycles. The Bertz CT molecular complexity index is 1300. The minimum atomic E-state index is -0.617. The number of hydrogen-bond acceptors (Lipinski definition) is 4. The summed E-state index contributed by atoms with van der Waals surface area (Å²) in [6, 6.07) is 16.4. The zero-order valence-electron chi connectivity index (χ0n) is 16.5. The van der Waals surface area contributed by atoms with Crippen molar-refractivity contribution in [3.8, 4) is 5.69 Å². The lowest BCUT2D eigenvalue weighted by Crippen LogP contribution is -2.25. The maximum absolute atomic E-state index is 12.8. The van der Waals surface area contributed by atoms with E-state index in [1.165, 1.54) is 4.68 Å². The molecule has 8 nitrogen and oxygen atoms in total. The van der Waals surface area contributed by atoms with E-state index in [9.17, 15) is 14.4 Å². The Morgan fingerprint density at radius 1 is 1.07 bits per heavy atom. The molecule has 0 aliphatic rings. The molecule has 2 heterocycles. The van der Waals surface area contributed by atoms with Crippen LogP contribution in [0.4, 0.5) is 5.69 Å². The number of anilines is 1. The molecule has 30 heavy (non-hydrogen) atoms. The summed E-state index contributed by atoms with van der Waals surface area (Å²) < 4.78 is 8.26. The van der Waals surface area contributed by atoms with Crippen LogP contribution in [0, 0.1) is 6.92 Å². The predicted octanol–water partition coefficient (Wildman–Crippen LogP) is 2.76. The number of carbonyl (C=O) groups is 2. The normalized spacial score (nSPS) is 10.9. The smallest absolute Gasteiger partial charge is 0.340 e. The Balaban J connectivity index is 1.48. The number of aromatic nitrogens is 3. The molecule has 2 aromatic carbocycles. The molecule has 8 heteroatoms. The quantitative estimate of drug-likeness (QED) is 0.500. The average molecular weight is 404 g/mol. The third-order valence-electron chi connectivity index (χ3n) is 4.96. The fourth-order valence-corrected chi connectivity index (χ4v) is 3.34. The van der Waals surface area contributed by atoms with E-state index in [0.717, 1.165) is 5.52 Å². The number of rotatable bonds is 5. The van der Waals surface area contributed by atoms with Crippen molar-refractivity contribution in [3.63, 3.8) is 0 Å². The van der Waals surface area contributed by atoms with Crippen molar-refractivity contribution >= 4 is 28.5 Å². The largest absolute Gasteiger partial charge is 0.452 e. The molecule has 152 valence electrons. The summed E-state index contributed by atoms with van der Waals surface area (Å²) in [6.45, 7) is 1.23. The highest BCUT2D eigenvalue weighted by molar-refractivity contribution is 6.05. The van der Waals surface area contributed by atoms with Crippen LogP contribution in [0.15, 0.2) is 65.6 Å². The van der Waals surface area contributed by atoms with Crippen molar-refractivity contribution in [2.75, 3.05) is 11.9 Å². The molecule has 0 radical (unpaired) electrons. The van der Waals surface area contributed by atoms with Crippen LogP contribution in [0.1, 0.15) is 16.1 Å². The molecule has 2 N–H and O–H groups in total. The summed E-state index contributed by atoms with van der Waals surface area (Å²) in [5.74, 6) is -1.21. The van der Waals surface area contributed by atoms with Crippen LogP contribution in [0.2, 0.25) is 0 Å². The second-order valence-corrected chi connectivity index (χ2v) is 6.81. The van der Waals surface area contributed by atoms with Gasteiger partial charge in [0.1, 0.15) is 5.69 Å². The standard InChI is InChI=1S/C22H20N4O4/c1-14-20(21(28)26(25(14)2)15-8-4-3-5-9-15)24-19(27)13-30-22(29)17-12-23-18-11-7-6-10-16(17)18/h3-12,23H,13H2,1-2H3,(H,24,27). The van der Waals surface area contributed by atoms with Crippen molar-refractivity contribution in [1.29, 1.82) is 0 Å². The van der Waals surface area contributed by atoms with E-state index in [1.54, 1.807) is 43.0 Å². The lowest BCUT2D eigenvalue weighted by Gasteiger charge is -2.07. The fraction of sp³-hybridized carbons (Fsp3) is 0.136. The van der Waals surface area contributed by atoms with Gasteiger partial charge in [0.2, 0.25) is 0 Å². The average Bonchev–Trinajstić information content (AvgIpc) is 3.28. The highest BCUT2D eigenvalue weighted by Crippen LogP contribution is 2.18. The molecule has 0 bridgehead atoms. The molecule has 0 aliphatic carbocycles. The number of fused-ring (bicyclic) bond motifs is 1. The van der Waals surface area contributed by atoms with Crippen molar-refractivity contribution in [1.82, 2.24) is 14.3 Å². The third kappa shape index (κ3) is 3.39. The van der Waals surface area contributed by atoms with Gasteiger partial charge in [-0.05, 0) is 25.1 Å². The van der Waals surface area contributed by atoms with Gasteiger partial charge in [0.25, 0.3) is 11.5 Å². The van der Waals surface area contributed by atoms with Crippen molar-refractivity contribution in [2.24, 2.45) is 7.05 Å². The molecule has 0 saturated carbocycles. The Morgan fingerprint density at radius 2 is 1.77 bits per heavy atom. The Hall–Kier alpha value is -4.07. The van der Waals surface area contributed by atoms with Gasteiger partial charge in [0, 0.05) is 24.1 Å². The van der Waals surface area contributed by atoms with Gasteiger partial charge in [-0.3, -0.25) is 14.3 Å². The Labute approximate surface area is 171 Å². The number of nitrogens with zero attached hydrogens (tertiary/aromatic N) is 2. The summed E-state index contributed by atoms with van der Waals surface area (Å²) in [5, 5.41) is 3.28. The lowest BCUT2D eigenvalue weighted by molar-refractivity contribution is -0.119. The molecule has 0 spiro atoms. The number of hydrogen-bond donors (Lipinski definition) is 2. The minimum absolute atomic E-state index is 0.148. The van der Waals surface area contributed by atoms with Gasteiger partial charge in [-0.2, -0.15) is 0 Å². The van der Waals surface area contributed by atoms with Gasteiger partial charge >= 0.3 is 5.97 Å². The SMILES string of the molecule is Cc1c(NC(=O)COC(=O)c2c[nH]c3ccccc23)c(=O)n(-c2ccccc2)n1C. The van der Waals surface area contributed by atoms with Crippen LogP contribution < -0.4 is 10.9 Å². The highest BCUT2D eigenvalue weighted by Gasteiger charge is 2.19. The predicted molar refractivity (Wildman–Crippen MR) is 113 cm³/mol. The number of esters is 1. The summed E-state index contributed by atoms with van der Waals surface area (Å²) in [7, 11) is 1.73. The number of amides is 1. The van der Waals surface area contributed by atoms with Crippen molar-refractivity contribution in [3.05, 3.63) is 82.4 Å². The van der Waals surface area contributed by atoms with Crippen LogP contribution in [0.3, 0.4) is 0 Å². The number of nitrogens with one attached hydrogen (secondary N) is 2. The first-order valence-corrected chi connectivity index (χ1v) is 9.34. The summed E-state index contributed by atoms with van der Waals surface area (Å²) >= 11 is 0. The maximum Gasteiger partial charge on any atom is 0.340 e. The summed E-state index contributed by atoms with van der Waals surface area (Å²) in [5.41, 5.74) is 2.20. The second kappa shape index (κ2) is 7.75. The number of H-pyrrole nitrogens is 1. The van der Waals surface area contributed by atoms with Gasteiger partial charge in [0.15, 0.2) is 6.61 Å². The number of ether oxygens (including phenoxy) is 1. The Morgan fingerprint density at radius 3 is 2.53 bits per heavy atom. The van der Waals surface area contributed by atoms with E-state index in [1.807, 2.05) is 36.4 Å². The Kier molecular flexibility index (Phi) is 4.97. The molecule has 4 aromatic rings. The van der Waals surface area contributed by atoms with Gasteiger partial charge in [-0.15, -0.1) is 0 Å². The topological polar surface area (TPSA) is 98.1 Å². The molecule has 0 atom stereocenters. The number of benzene rings is 2. The van der Waals surface area contributed by atoms with E-state index >= 15 is 0 Å². The maximum atomic E-state index is 12.8. The molecule has 2 aromatic heterocycles. The number of aromatic amines is 1. The fourth-order valence-electron chi connectivity index (χ4n) is 3.34. The first-order valence-electron chi connectivity index (χ1n) is 9.34.